The zero-order valence-corrected chi connectivity index (χ0v) is 10.7. The Bertz CT molecular complexity index is 522. The minimum absolute atomic E-state index is 0.337. The van der Waals surface area contributed by atoms with Crippen molar-refractivity contribution in [1.82, 2.24) is 0 Å². The van der Waals surface area contributed by atoms with Crippen LogP contribution in [0.2, 0.25) is 0 Å². The van der Waals surface area contributed by atoms with Gasteiger partial charge in [0.1, 0.15) is 12.2 Å². The van der Waals surface area contributed by atoms with Gasteiger partial charge in [0.15, 0.2) is 5.78 Å². The highest BCUT2D eigenvalue weighted by molar-refractivity contribution is 5.99. The molecule has 3 nitrogen and oxygen atoms in total. The summed E-state index contributed by atoms with van der Waals surface area (Å²) in [5, 5.41) is 10.2. The minimum Gasteiger partial charge on any atom is -0.382 e. The van der Waals surface area contributed by atoms with Crippen molar-refractivity contribution in [3.05, 3.63) is 71.8 Å². The number of ketones is 1. The molecule has 0 bridgehead atoms. The average Bonchev–Trinajstić information content (AvgIpc) is 2.49. The predicted octanol–water partition coefficient (Wildman–Crippen LogP) is 2.62. The molecule has 0 fully saturated rings. The van der Waals surface area contributed by atoms with Crippen molar-refractivity contribution < 1.29 is 14.6 Å². The Morgan fingerprint density at radius 2 is 1.53 bits per heavy atom. The number of benzene rings is 2. The van der Waals surface area contributed by atoms with Crippen LogP contribution in [0.1, 0.15) is 22.0 Å². The largest absolute Gasteiger partial charge is 0.382 e. The van der Waals surface area contributed by atoms with E-state index in [0.29, 0.717) is 5.56 Å². The third kappa shape index (κ3) is 3.08. The zero-order valence-electron chi connectivity index (χ0n) is 10.7. The van der Waals surface area contributed by atoms with E-state index in [2.05, 4.69) is 0 Å². The van der Waals surface area contributed by atoms with Crippen molar-refractivity contribution in [1.29, 1.82) is 0 Å². The van der Waals surface area contributed by atoms with Crippen LogP contribution in [-0.2, 0) is 4.74 Å². The molecule has 0 saturated carbocycles. The first kappa shape index (κ1) is 13.5. The smallest absolute Gasteiger partial charge is 0.194 e. The van der Waals surface area contributed by atoms with Crippen LogP contribution in [0.5, 0.6) is 0 Å². The summed E-state index contributed by atoms with van der Waals surface area (Å²) in [5.41, 5.74) is 1.26. The molecule has 0 radical (unpaired) electrons. The first-order valence-corrected chi connectivity index (χ1v) is 6.09. The minimum atomic E-state index is -1.21. The Morgan fingerprint density at radius 1 is 1.00 bits per heavy atom. The normalized spacial score (nSPS) is 13.8. The molecule has 0 aliphatic carbocycles. The van der Waals surface area contributed by atoms with Crippen molar-refractivity contribution in [2.24, 2.45) is 0 Å². The van der Waals surface area contributed by atoms with E-state index in [0.717, 1.165) is 5.56 Å². The molecule has 0 saturated heterocycles. The summed E-state index contributed by atoms with van der Waals surface area (Å²) in [4.78, 5) is 12.2. The zero-order chi connectivity index (χ0) is 13.7. The van der Waals surface area contributed by atoms with Gasteiger partial charge in [0.2, 0.25) is 0 Å². The van der Waals surface area contributed by atoms with Crippen LogP contribution >= 0.6 is 0 Å². The molecule has 2 aromatic carbocycles. The fraction of sp³-hybridized carbons (Fsp3) is 0.188. The first-order valence-electron chi connectivity index (χ1n) is 6.09. The van der Waals surface area contributed by atoms with Gasteiger partial charge < -0.3 is 9.84 Å². The molecule has 2 rings (SSSR count). The Labute approximate surface area is 112 Å². The standard InChI is InChI=1S/C16H16O3/c1-19-16(13-10-6-3-7-11-13)15(18)14(17)12-8-4-2-5-9-12/h2-11,15-16,18H,1H3/i15+1. The van der Waals surface area contributed by atoms with Crippen molar-refractivity contribution in [3.8, 4) is 0 Å². The van der Waals surface area contributed by atoms with E-state index >= 15 is 0 Å². The van der Waals surface area contributed by atoms with Crippen molar-refractivity contribution in [2.75, 3.05) is 7.11 Å². The first-order chi connectivity index (χ1) is 9.24. The third-order valence-electron chi connectivity index (χ3n) is 3.00. The van der Waals surface area contributed by atoms with E-state index in [-0.39, 0.29) is 5.78 Å². The summed E-state index contributed by atoms with van der Waals surface area (Å²) >= 11 is 0. The number of aliphatic hydroxyl groups excluding tert-OH is 1. The van der Waals surface area contributed by atoms with Crippen LogP contribution in [0.4, 0.5) is 0 Å². The third-order valence-corrected chi connectivity index (χ3v) is 3.00. The van der Waals surface area contributed by atoms with Gasteiger partial charge in [-0.15, -0.1) is 0 Å². The highest BCUT2D eigenvalue weighted by atomic mass is 16.5. The number of Topliss-reactive ketones (excluding diaryl/α,β-unsaturated/α-hetero) is 1. The van der Waals surface area contributed by atoms with Crippen LogP contribution in [0, 0.1) is 0 Å². The molecule has 0 heterocycles. The van der Waals surface area contributed by atoms with E-state index in [9.17, 15) is 9.90 Å². The van der Waals surface area contributed by atoms with E-state index in [1.807, 2.05) is 36.4 Å². The van der Waals surface area contributed by atoms with Crippen LogP contribution in [0.15, 0.2) is 60.7 Å². The molecule has 2 atom stereocenters. The lowest BCUT2D eigenvalue weighted by atomic mass is 10.1. The number of hydrogen-bond donors (Lipinski definition) is 1. The molecular formula is C16H16O3. The number of carbonyl (C=O) groups excluding carboxylic acids is 1. The van der Waals surface area contributed by atoms with E-state index in [1.165, 1.54) is 7.11 Å². The molecule has 0 amide bonds. The molecule has 0 aliphatic heterocycles. The van der Waals surface area contributed by atoms with E-state index < -0.39 is 12.2 Å². The second kappa shape index (κ2) is 6.27. The molecule has 0 aromatic heterocycles. The van der Waals surface area contributed by atoms with Crippen molar-refractivity contribution >= 4 is 5.78 Å². The molecule has 2 aromatic rings. The quantitative estimate of drug-likeness (QED) is 0.661. The fourth-order valence-corrected chi connectivity index (χ4v) is 2.00. The number of aliphatic hydroxyl groups is 1. The maximum Gasteiger partial charge on any atom is 0.194 e. The van der Waals surface area contributed by atoms with Crippen LogP contribution in [0.25, 0.3) is 0 Å². The van der Waals surface area contributed by atoms with Crippen LogP contribution in [0.3, 0.4) is 0 Å². The Kier molecular flexibility index (Phi) is 4.44. The van der Waals surface area contributed by atoms with Crippen molar-refractivity contribution in [2.45, 2.75) is 12.2 Å². The molecule has 19 heavy (non-hydrogen) atoms. The van der Waals surface area contributed by atoms with Crippen molar-refractivity contribution in [3.63, 3.8) is 0 Å². The summed E-state index contributed by atoms with van der Waals surface area (Å²) < 4.78 is 5.27. The maximum absolute atomic E-state index is 12.2. The molecule has 98 valence electrons. The van der Waals surface area contributed by atoms with Gasteiger partial charge in [0.25, 0.3) is 0 Å². The number of hydrogen-bond acceptors (Lipinski definition) is 3. The Hall–Kier alpha value is -1.97. The lowest BCUT2D eigenvalue weighted by Crippen LogP contribution is -2.29. The summed E-state index contributed by atoms with van der Waals surface area (Å²) in [6, 6.07) is 18.0. The van der Waals surface area contributed by atoms with Gasteiger partial charge in [0, 0.05) is 12.7 Å². The highest BCUT2D eigenvalue weighted by Crippen LogP contribution is 2.22. The van der Waals surface area contributed by atoms with Gasteiger partial charge in [-0.05, 0) is 5.56 Å². The van der Waals surface area contributed by atoms with Gasteiger partial charge >= 0.3 is 0 Å². The predicted molar refractivity (Wildman–Crippen MR) is 73.0 cm³/mol. The van der Waals surface area contributed by atoms with Gasteiger partial charge in [0.05, 0.1) is 0 Å². The molecule has 3 heteroatoms. The second-order valence-corrected chi connectivity index (χ2v) is 4.24. The van der Waals surface area contributed by atoms with E-state index in [4.69, 9.17) is 4.74 Å². The number of methoxy groups -OCH3 is 1. The summed E-state index contributed by atoms with van der Waals surface area (Å²) in [7, 11) is 1.49. The van der Waals surface area contributed by atoms with Crippen LogP contribution in [-0.4, -0.2) is 24.1 Å². The molecular weight excluding hydrogens is 241 g/mol. The second-order valence-electron chi connectivity index (χ2n) is 4.24. The SMILES string of the molecule is COC(c1ccccc1)[13CH](O)C(=O)c1ccccc1. The van der Waals surface area contributed by atoms with E-state index in [1.54, 1.807) is 24.3 Å². The molecule has 1 N–H and O–H groups in total. The average molecular weight is 257 g/mol. The number of rotatable bonds is 5. The van der Waals surface area contributed by atoms with Gasteiger partial charge in [-0.2, -0.15) is 0 Å². The van der Waals surface area contributed by atoms with Gasteiger partial charge in [-0.3, -0.25) is 4.79 Å². The Morgan fingerprint density at radius 3 is 2.05 bits per heavy atom. The highest BCUT2D eigenvalue weighted by Gasteiger charge is 2.28. The molecule has 0 aliphatic rings. The summed E-state index contributed by atoms with van der Waals surface area (Å²) in [5.74, 6) is -0.337. The lowest BCUT2D eigenvalue weighted by Gasteiger charge is -2.21. The Balaban J connectivity index is 2.22. The van der Waals surface area contributed by atoms with Gasteiger partial charge in [-0.25, -0.2) is 0 Å². The van der Waals surface area contributed by atoms with Crippen LogP contribution < -0.4 is 0 Å². The topological polar surface area (TPSA) is 46.5 Å². The monoisotopic (exact) mass is 257 g/mol. The molecule has 2 unspecified atom stereocenters. The molecule has 0 spiro atoms. The maximum atomic E-state index is 12.2. The number of ether oxygens (including phenoxy) is 1. The summed E-state index contributed by atoms with van der Waals surface area (Å²) in [6.45, 7) is 0. The lowest BCUT2D eigenvalue weighted by molar-refractivity contribution is -0.00430. The van der Waals surface area contributed by atoms with Gasteiger partial charge in [-0.1, -0.05) is 60.7 Å². The summed E-state index contributed by atoms with van der Waals surface area (Å²) in [6.07, 6.45) is -1.87. The fourth-order valence-electron chi connectivity index (χ4n) is 2.00. The number of carbonyl (C=O) groups is 1.